The van der Waals surface area contributed by atoms with Gasteiger partial charge < -0.3 is 11.6 Å². The van der Waals surface area contributed by atoms with E-state index in [4.69, 9.17) is 11.6 Å². The lowest BCUT2D eigenvalue weighted by molar-refractivity contribution is 0.855. The first-order chi connectivity index (χ1) is 8.58. The molecule has 1 heterocycles. The Balaban J connectivity index is 2.10. The average Bonchev–Trinajstić information content (AvgIpc) is 3.13. The topological polar surface area (TPSA) is 69.9 Å². The van der Waals surface area contributed by atoms with Gasteiger partial charge in [0.15, 0.2) is 5.82 Å². The fourth-order valence-electron chi connectivity index (χ4n) is 2.05. The summed E-state index contributed by atoms with van der Waals surface area (Å²) in [5, 5.41) is 0. The number of benzene rings is 1. The number of nitrogens with zero attached hydrogens (tertiary/aromatic N) is 2. The van der Waals surface area contributed by atoms with Crippen molar-refractivity contribution >= 4 is 21.7 Å². The summed E-state index contributed by atoms with van der Waals surface area (Å²) in [7, 11) is 0. The molecule has 1 aromatic heterocycles. The smallest absolute Gasteiger partial charge is 0.150 e. The fraction of sp³-hybridized carbons (Fsp3) is 0.308. The third-order valence-corrected chi connectivity index (χ3v) is 4.22. The first-order valence-corrected chi connectivity index (χ1v) is 6.77. The molecule has 0 spiro atoms. The molecule has 1 aromatic carbocycles. The second-order valence-electron chi connectivity index (χ2n) is 4.81. The van der Waals surface area contributed by atoms with E-state index in [9.17, 15) is 0 Å². The van der Waals surface area contributed by atoms with Crippen molar-refractivity contribution in [3.05, 3.63) is 34.1 Å². The quantitative estimate of drug-likeness (QED) is 0.838. The number of aryl methyl sites for hydroxylation is 1. The van der Waals surface area contributed by atoms with Gasteiger partial charge >= 0.3 is 0 Å². The minimum atomic E-state index is 0.486. The molecule has 1 aliphatic rings. The molecule has 18 heavy (non-hydrogen) atoms. The lowest BCUT2D eigenvalue weighted by Crippen LogP contribution is -2.14. The predicted octanol–water partition coefficient (Wildman–Crippen LogP) is 2.79. The van der Waals surface area contributed by atoms with Gasteiger partial charge in [0.1, 0.15) is 11.5 Å². The Bertz CT molecular complexity index is 614. The molecular weight excluding hydrogens is 292 g/mol. The molecule has 5 heteroatoms. The summed E-state index contributed by atoms with van der Waals surface area (Å²) >= 11 is 3.53. The van der Waals surface area contributed by atoms with E-state index in [0.717, 1.165) is 34.4 Å². The van der Waals surface area contributed by atoms with Crippen molar-refractivity contribution < 1.29 is 0 Å². The van der Waals surface area contributed by atoms with E-state index in [1.807, 2.05) is 25.1 Å². The molecule has 0 aliphatic heterocycles. The van der Waals surface area contributed by atoms with Gasteiger partial charge in [-0.15, -0.1) is 0 Å². The zero-order valence-corrected chi connectivity index (χ0v) is 11.7. The summed E-state index contributed by atoms with van der Waals surface area (Å²) < 4.78 is 2.58. The summed E-state index contributed by atoms with van der Waals surface area (Å²) in [5.41, 5.74) is 9.01. The largest absolute Gasteiger partial charge is 0.382 e. The van der Waals surface area contributed by atoms with Crippen LogP contribution in [0, 0.1) is 6.92 Å². The average molecular weight is 307 g/mol. The van der Waals surface area contributed by atoms with Crippen LogP contribution in [0.3, 0.4) is 0 Å². The van der Waals surface area contributed by atoms with E-state index in [1.54, 1.807) is 0 Å². The Kier molecular flexibility index (Phi) is 2.59. The fourth-order valence-corrected chi connectivity index (χ4v) is 2.42. The number of halogens is 1. The predicted molar refractivity (Wildman–Crippen MR) is 76.6 cm³/mol. The molecule has 1 aliphatic carbocycles. The number of anilines is 1. The van der Waals surface area contributed by atoms with Gasteiger partial charge in [0.25, 0.3) is 0 Å². The highest BCUT2D eigenvalue weighted by Gasteiger charge is 2.30. The summed E-state index contributed by atoms with van der Waals surface area (Å²) in [6, 6.07) is 6.10. The minimum absolute atomic E-state index is 0.486. The Labute approximate surface area is 114 Å². The van der Waals surface area contributed by atoms with Crippen LogP contribution in [-0.4, -0.2) is 9.66 Å². The molecule has 0 bridgehead atoms. The van der Waals surface area contributed by atoms with Crippen LogP contribution in [0.2, 0.25) is 0 Å². The highest BCUT2D eigenvalue weighted by molar-refractivity contribution is 9.10. The van der Waals surface area contributed by atoms with Crippen LogP contribution in [-0.2, 0) is 0 Å². The van der Waals surface area contributed by atoms with E-state index in [2.05, 4.69) is 20.9 Å². The maximum Gasteiger partial charge on any atom is 0.150 e. The van der Waals surface area contributed by atoms with E-state index >= 15 is 0 Å². The molecular formula is C13H15BrN4. The summed E-state index contributed by atoms with van der Waals surface area (Å²) in [6.07, 6.45) is 2.31. The summed E-state index contributed by atoms with van der Waals surface area (Å²) in [6.45, 7) is 2.05. The maximum atomic E-state index is 6.05. The number of hydrogen-bond acceptors (Lipinski definition) is 3. The number of nitrogens with two attached hydrogens (primary N) is 2. The Morgan fingerprint density at radius 1 is 1.39 bits per heavy atom. The van der Waals surface area contributed by atoms with Gasteiger partial charge in [0.2, 0.25) is 0 Å². The Hall–Kier alpha value is -1.49. The molecule has 94 valence electrons. The Morgan fingerprint density at radius 2 is 2.11 bits per heavy atom. The van der Waals surface area contributed by atoms with Crippen LogP contribution < -0.4 is 11.6 Å². The zero-order valence-electron chi connectivity index (χ0n) is 10.2. The minimum Gasteiger partial charge on any atom is -0.382 e. The number of rotatable bonds is 2. The molecule has 2 aromatic rings. The van der Waals surface area contributed by atoms with Gasteiger partial charge in [0, 0.05) is 16.0 Å². The van der Waals surface area contributed by atoms with Crippen LogP contribution in [0.25, 0.3) is 11.3 Å². The van der Waals surface area contributed by atoms with Gasteiger partial charge in [-0.3, -0.25) is 0 Å². The van der Waals surface area contributed by atoms with Crippen molar-refractivity contribution in [1.29, 1.82) is 0 Å². The highest BCUT2D eigenvalue weighted by atomic mass is 79.9. The SMILES string of the molecule is Cc1ccc(-c2nc(C3CC3)n(N)c2N)cc1Br. The van der Waals surface area contributed by atoms with Crippen LogP contribution in [0.1, 0.15) is 30.1 Å². The first-order valence-electron chi connectivity index (χ1n) is 5.97. The van der Waals surface area contributed by atoms with Crippen LogP contribution in [0.15, 0.2) is 22.7 Å². The number of aromatic nitrogens is 2. The monoisotopic (exact) mass is 306 g/mol. The number of imidazole rings is 1. The summed E-state index contributed by atoms with van der Waals surface area (Å²) in [4.78, 5) is 4.60. The molecule has 0 radical (unpaired) electrons. The molecule has 3 rings (SSSR count). The van der Waals surface area contributed by atoms with Gasteiger partial charge in [-0.25, -0.2) is 9.66 Å². The van der Waals surface area contributed by atoms with Gasteiger partial charge in [0.05, 0.1) is 0 Å². The normalized spacial score (nSPS) is 15.0. The number of hydrogen-bond donors (Lipinski definition) is 2. The van der Waals surface area contributed by atoms with Crippen molar-refractivity contribution in [1.82, 2.24) is 9.66 Å². The molecule has 1 saturated carbocycles. The highest BCUT2D eigenvalue weighted by Crippen LogP contribution is 2.41. The third-order valence-electron chi connectivity index (χ3n) is 3.36. The van der Waals surface area contributed by atoms with Gasteiger partial charge in [-0.2, -0.15) is 0 Å². The van der Waals surface area contributed by atoms with Crippen LogP contribution in [0.4, 0.5) is 5.82 Å². The molecule has 4 N–H and O–H groups in total. The first kappa shape index (κ1) is 11.6. The van der Waals surface area contributed by atoms with E-state index in [0.29, 0.717) is 11.7 Å². The molecule has 4 nitrogen and oxygen atoms in total. The van der Waals surface area contributed by atoms with Crippen molar-refractivity contribution in [2.45, 2.75) is 25.7 Å². The molecule has 0 saturated heterocycles. The van der Waals surface area contributed by atoms with E-state index in [-0.39, 0.29) is 0 Å². The standard InChI is InChI=1S/C13H15BrN4/c1-7-2-3-9(6-10(7)14)11-12(15)18(16)13(17-11)8-4-5-8/h2-3,6,8H,4-5,15-16H2,1H3. The second kappa shape index (κ2) is 4.02. The lowest BCUT2D eigenvalue weighted by Gasteiger charge is -2.03. The Morgan fingerprint density at radius 3 is 2.72 bits per heavy atom. The van der Waals surface area contributed by atoms with Crippen molar-refractivity contribution in [3.8, 4) is 11.3 Å². The molecule has 0 amide bonds. The zero-order chi connectivity index (χ0) is 12.9. The summed E-state index contributed by atoms with van der Waals surface area (Å²) in [5.74, 6) is 7.89. The van der Waals surface area contributed by atoms with Crippen molar-refractivity contribution in [2.75, 3.05) is 11.6 Å². The molecule has 0 unspecified atom stereocenters. The molecule has 1 fully saturated rings. The number of nitrogen functional groups attached to an aromatic ring is 2. The second-order valence-corrected chi connectivity index (χ2v) is 5.67. The van der Waals surface area contributed by atoms with Gasteiger partial charge in [-0.1, -0.05) is 28.1 Å². The van der Waals surface area contributed by atoms with Crippen molar-refractivity contribution in [3.63, 3.8) is 0 Å². The van der Waals surface area contributed by atoms with E-state index < -0.39 is 0 Å². The van der Waals surface area contributed by atoms with Crippen molar-refractivity contribution in [2.24, 2.45) is 0 Å². The maximum absolute atomic E-state index is 6.05. The van der Waals surface area contributed by atoms with E-state index in [1.165, 1.54) is 10.2 Å². The third kappa shape index (κ3) is 1.79. The van der Waals surface area contributed by atoms with Crippen LogP contribution in [0.5, 0.6) is 0 Å². The van der Waals surface area contributed by atoms with Gasteiger partial charge in [-0.05, 0) is 31.4 Å². The molecule has 0 atom stereocenters. The van der Waals surface area contributed by atoms with Crippen LogP contribution >= 0.6 is 15.9 Å². The lowest BCUT2D eigenvalue weighted by atomic mass is 10.1.